The van der Waals surface area contributed by atoms with E-state index in [0.717, 1.165) is 16.6 Å². The fourth-order valence-electron chi connectivity index (χ4n) is 2.29. The van der Waals surface area contributed by atoms with E-state index in [0.29, 0.717) is 0 Å². The molecular weight excluding hydrogens is 376 g/mol. The number of nitrogens with zero attached hydrogens (tertiary/aromatic N) is 2. The lowest BCUT2D eigenvalue weighted by atomic mass is 10.1. The van der Waals surface area contributed by atoms with Gasteiger partial charge < -0.3 is 11.1 Å². The third-order valence-corrected chi connectivity index (χ3v) is 4.62. The number of hydrogen-bond acceptors (Lipinski definition) is 6. The number of nitro benzene ring substituents is 1. The number of para-hydroxylation sites is 1. The summed E-state index contributed by atoms with van der Waals surface area (Å²) in [6.07, 6.45) is 0.871. The lowest BCUT2D eigenvalue weighted by Gasteiger charge is -2.22. The molecule has 0 radical (unpaired) electrons. The third kappa shape index (κ3) is 5.01. The van der Waals surface area contributed by atoms with E-state index in [1.807, 2.05) is 0 Å². The van der Waals surface area contributed by atoms with Gasteiger partial charge in [0.25, 0.3) is 11.6 Å². The minimum absolute atomic E-state index is 0.0370. The van der Waals surface area contributed by atoms with Gasteiger partial charge in [-0.05, 0) is 18.2 Å². The summed E-state index contributed by atoms with van der Waals surface area (Å²) in [5.74, 6) is -1.51. The van der Waals surface area contributed by atoms with Crippen LogP contribution in [0.1, 0.15) is 10.4 Å². The van der Waals surface area contributed by atoms with E-state index in [9.17, 15) is 28.1 Å². The van der Waals surface area contributed by atoms with Gasteiger partial charge in [-0.2, -0.15) is 0 Å². The molecule has 142 valence electrons. The van der Waals surface area contributed by atoms with Gasteiger partial charge in [-0.25, -0.2) is 8.42 Å². The van der Waals surface area contributed by atoms with Crippen molar-refractivity contribution in [1.29, 1.82) is 0 Å². The van der Waals surface area contributed by atoms with Crippen molar-refractivity contribution in [3.63, 3.8) is 0 Å². The van der Waals surface area contributed by atoms with Gasteiger partial charge in [0.05, 0.1) is 28.1 Å². The van der Waals surface area contributed by atoms with Crippen molar-refractivity contribution in [2.75, 3.05) is 22.4 Å². The summed E-state index contributed by atoms with van der Waals surface area (Å²) in [5, 5.41) is 13.3. The number of carbonyl (C=O) groups is 2. The second-order valence-electron chi connectivity index (χ2n) is 5.50. The van der Waals surface area contributed by atoms with E-state index in [2.05, 4.69) is 5.32 Å². The first kappa shape index (κ1) is 19.8. The average Bonchev–Trinajstić information content (AvgIpc) is 2.59. The number of amides is 2. The number of carbonyl (C=O) groups excluding carboxylic acids is 2. The molecule has 0 atom stereocenters. The minimum atomic E-state index is -3.92. The van der Waals surface area contributed by atoms with Crippen molar-refractivity contribution in [3.8, 4) is 0 Å². The molecule has 2 amide bonds. The molecule has 2 aromatic carbocycles. The summed E-state index contributed by atoms with van der Waals surface area (Å²) in [6.45, 7) is -0.646. The number of primary amides is 1. The van der Waals surface area contributed by atoms with Crippen LogP contribution in [0.5, 0.6) is 0 Å². The van der Waals surface area contributed by atoms with Crippen LogP contribution in [-0.2, 0) is 14.8 Å². The molecular formula is C16H16N4O6S. The number of nitrogens with two attached hydrogens (primary N) is 1. The van der Waals surface area contributed by atoms with Crippen LogP contribution in [0, 0.1) is 10.1 Å². The summed E-state index contributed by atoms with van der Waals surface area (Å²) >= 11 is 0. The van der Waals surface area contributed by atoms with E-state index < -0.39 is 33.3 Å². The number of rotatable bonds is 7. The molecule has 2 rings (SSSR count). The number of anilines is 2. The van der Waals surface area contributed by atoms with Gasteiger partial charge in [0.15, 0.2) is 0 Å². The highest BCUT2D eigenvalue weighted by Crippen LogP contribution is 2.23. The molecule has 0 saturated heterocycles. The van der Waals surface area contributed by atoms with E-state index in [4.69, 9.17) is 5.73 Å². The fourth-order valence-corrected chi connectivity index (χ4v) is 3.14. The van der Waals surface area contributed by atoms with Gasteiger partial charge in [0.2, 0.25) is 15.9 Å². The minimum Gasteiger partial charge on any atom is -0.366 e. The van der Waals surface area contributed by atoms with Crippen molar-refractivity contribution < 1.29 is 22.9 Å². The van der Waals surface area contributed by atoms with Crippen LogP contribution in [0.3, 0.4) is 0 Å². The van der Waals surface area contributed by atoms with Crippen molar-refractivity contribution >= 4 is 38.9 Å². The van der Waals surface area contributed by atoms with Crippen LogP contribution in [0.2, 0.25) is 0 Å². The van der Waals surface area contributed by atoms with E-state index in [-0.39, 0.29) is 22.6 Å². The van der Waals surface area contributed by atoms with Gasteiger partial charge in [-0.3, -0.25) is 24.0 Å². The predicted octanol–water partition coefficient (Wildman–Crippen LogP) is 1.10. The third-order valence-electron chi connectivity index (χ3n) is 3.48. The highest BCUT2D eigenvalue weighted by molar-refractivity contribution is 7.92. The Bertz CT molecular complexity index is 1010. The predicted molar refractivity (Wildman–Crippen MR) is 98.9 cm³/mol. The molecule has 0 fully saturated rings. The van der Waals surface area contributed by atoms with Crippen LogP contribution >= 0.6 is 0 Å². The number of nitrogens with one attached hydrogen (secondary N) is 1. The van der Waals surface area contributed by atoms with Crippen molar-refractivity contribution in [2.24, 2.45) is 5.73 Å². The first-order valence-electron chi connectivity index (χ1n) is 7.50. The fraction of sp³-hybridized carbons (Fsp3) is 0.125. The molecule has 0 aromatic heterocycles. The SMILES string of the molecule is CS(=O)(=O)N(CC(=O)Nc1ccccc1C(N)=O)c1cccc([N+](=O)[O-])c1. The Kier molecular flexibility index (Phi) is 5.75. The van der Waals surface area contributed by atoms with E-state index >= 15 is 0 Å². The number of non-ortho nitro benzene ring substituents is 1. The summed E-state index contributed by atoms with van der Waals surface area (Å²) in [4.78, 5) is 34.0. The van der Waals surface area contributed by atoms with Gasteiger partial charge in [0, 0.05) is 12.1 Å². The largest absolute Gasteiger partial charge is 0.366 e. The Hall–Kier alpha value is -3.47. The Balaban J connectivity index is 2.30. The van der Waals surface area contributed by atoms with Crippen molar-refractivity contribution in [2.45, 2.75) is 0 Å². The molecule has 0 heterocycles. The Labute approximate surface area is 154 Å². The average molecular weight is 392 g/mol. The Morgan fingerprint density at radius 1 is 1.19 bits per heavy atom. The zero-order valence-corrected chi connectivity index (χ0v) is 15.0. The maximum absolute atomic E-state index is 12.3. The molecule has 0 unspecified atom stereocenters. The lowest BCUT2D eigenvalue weighted by Crippen LogP contribution is -2.37. The zero-order chi connectivity index (χ0) is 20.2. The Morgan fingerprint density at radius 3 is 2.44 bits per heavy atom. The van der Waals surface area contributed by atoms with Gasteiger partial charge >= 0.3 is 0 Å². The summed E-state index contributed by atoms with van der Waals surface area (Å²) in [6, 6.07) is 10.9. The number of sulfonamides is 1. The maximum Gasteiger partial charge on any atom is 0.271 e. The smallest absolute Gasteiger partial charge is 0.271 e. The Morgan fingerprint density at radius 2 is 1.85 bits per heavy atom. The van der Waals surface area contributed by atoms with Crippen molar-refractivity contribution in [3.05, 3.63) is 64.2 Å². The van der Waals surface area contributed by atoms with Crippen LogP contribution < -0.4 is 15.4 Å². The molecule has 0 aliphatic carbocycles. The van der Waals surface area contributed by atoms with Crippen LogP contribution in [-0.4, -0.2) is 38.0 Å². The number of hydrogen-bond donors (Lipinski definition) is 2. The maximum atomic E-state index is 12.3. The lowest BCUT2D eigenvalue weighted by molar-refractivity contribution is -0.384. The summed E-state index contributed by atoms with van der Waals surface area (Å²) in [7, 11) is -3.92. The van der Waals surface area contributed by atoms with E-state index in [1.54, 1.807) is 12.1 Å². The second-order valence-corrected chi connectivity index (χ2v) is 7.41. The molecule has 3 N–H and O–H groups in total. The highest BCUT2D eigenvalue weighted by atomic mass is 32.2. The molecule has 0 bridgehead atoms. The van der Waals surface area contributed by atoms with Gasteiger partial charge in [-0.15, -0.1) is 0 Å². The quantitative estimate of drug-likeness (QED) is 0.531. The molecule has 27 heavy (non-hydrogen) atoms. The van der Waals surface area contributed by atoms with Gasteiger partial charge in [0.1, 0.15) is 6.54 Å². The molecule has 0 aliphatic heterocycles. The van der Waals surface area contributed by atoms with E-state index in [1.165, 1.54) is 30.3 Å². The normalized spacial score (nSPS) is 10.9. The molecule has 0 aliphatic rings. The monoisotopic (exact) mass is 392 g/mol. The van der Waals surface area contributed by atoms with Crippen molar-refractivity contribution in [1.82, 2.24) is 0 Å². The highest BCUT2D eigenvalue weighted by Gasteiger charge is 2.23. The molecule has 10 nitrogen and oxygen atoms in total. The summed E-state index contributed by atoms with van der Waals surface area (Å²) < 4.78 is 24.9. The number of benzene rings is 2. The van der Waals surface area contributed by atoms with Crippen LogP contribution in [0.25, 0.3) is 0 Å². The van der Waals surface area contributed by atoms with Crippen LogP contribution in [0.4, 0.5) is 17.1 Å². The number of nitro groups is 1. The zero-order valence-electron chi connectivity index (χ0n) is 14.2. The molecule has 0 saturated carbocycles. The van der Waals surface area contributed by atoms with Crippen LogP contribution in [0.15, 0.2) is 48.5 Å². The summed E-state index contributed by atoms with van der Waals surface area (Å²) in [5.41, 5.74) is 5.07. The first-order chi connectivity index (χ1) is 12.6. The topological polar surface area (TPSA) is 153 Å². The standard InChI is InChI=1S/C16H16N4O6S/c1-27(25,26)19(11-5-4-6-12(9-11)20(23)24)10-15(21)18-14-8-3-2-7-13(14)16(17)22/h2-9H,10H2,1H3,(H2,17,22)(H,18,21). The molecule has 0 spiro atoms. The molecule has 2 aromatic rings. The van der Waals surface area contributed by atoms with Gasteiger partial charge in [-0.1, -0.05) is 18.2 Å². The molecule has 11 heteroatoms. The second kappa shape index (κ2) is 7.83. The first-order valence-corrected chi connectivity index (χ1v) is 9.35.